The van der Waals surface area contributed by atoms with Crippen LogP contribution in [0.4, 0.5) is 4.79 Å². The van der Waals surface area contributed by atoms with Gasteiger partial charge in [0.25, 0.3) is 0 Å². The molecule has 2 aromatic rings. The van der Waals surface area contributed by atoms with Crippen LogP contribution in [0.5, 0.6) is 0 Å². The summed E-state index contributed by atoms with van der Waals surface area (Å²) in [6.07, 6.45) is 4.34. The maximum Gasteiger partial charge on any atom is 0.315 e. The second-order valence-corrected chi connectivity index (χ2v) is 7.37. The quantitative estimate of drug-likeness (QED) is 0.879. The molecule has 4 rings (SSSR count). The van der Waals surface area contributed by atoms with Crippen molar-refractivity contribution in [2.45, 2.75) is 57.5 Å². The van der Waals surface area contributed by atoms with Gasteiger partial charge in [0, 0.05) is 24.9 Å². The zero-order chi connectivity index (χ0) is 17.4. The van der Waals surface area contributed by atoms with Gasteiger partial charge in [-0.25, -0.2) is 4.79 Å². The first-order chi connectivity index (χ1) is 12.1. The summed E-state index contributed by atoms with van der Waals surface area (Å²) < 4.78 is 2.13. The normalized spacial score (nSPS) is 18.5. The van der Waals surface area contributed by atoms with Crippen molar-refractivity contribution in [1.82, 2.24) is 25.4 Å². The van der Waals surface area contributed by atoms with Crippen LogP contribution in [0.1, 0.15) is 55.0 Å². The molecule has 0 bridgehead atoms. The van der Waals surface area contributed by atoms with E-state index in [-0.39, 0.29) is 17.5 Å². The molecule has 132 valence electrons. The molecular weight excluding hydrogens is 314 g/mol. The molecule has 1 fully saturated rings. The Morgan fingerprint density at radius 1 is 1.32 bits per heavy atom. The minimum atomic E-state index is -0.145. The second-order valence-electron chi connectivity index (χ2n) is 7.37. The van der Waals surface area contributed by atoms with Crippen molar-refractivity contribution in [2.75, 3.05) is 6.54 Å². The van der Waals surface area contributed by atoms with E-state index in [1.807, 2.05) is 6.92 Å². The first-order valence-electron chi connectivity index (χ1n) is 9.11. The van der Waals surface area contributed by atoms with Gasteiger partial charge < -0.3 is 15.2 Å². The smallest absolute Gasteiger partial charge is 0.315 e. The number of hydrogen-bond donors (Lipinski definition) is 2. The minimum Gasteiger partial charge on any atom is -0.337 e. The number of aromatic nitrogens is 3. The third-order valence-electron chi connectivity index (χ3n) is 5.53. The molecule has 25 heavy (non-hydrogen) atoms. The van der Waals surface area contributed by atoms with E-state index in [9.17, 15) is 4.79 Å². The Hall–Kier alpha value is -2.37. The largest absolute Gasteiger partial charge is 0.337 e. The predicted molar refractivity (Wildman–Crippen MR) is 95.4 cm³/mol. The molecule has 2 aliphatic rings. The first-order valence-corrected chi connectivity index (χ1v) is 9.11. The van der Waals surface area contributed by atoms with E-state index in [4.69, 9.17) is 0 Å². The van der Waals surface area contributed by atoms with Crippen LogP contribution < -0.4 is 10.6 Å². The third kappa shape index (κ3) is 3.01. The standard InChI is InChI=1S/C19H25N5O/c1-13-6-3-4-7-15(13)19(9-10-19)12-20-18(25)21-14(2)17-23-22-16-8-5-11-24(16)17/h3-4,6-7,14H,5,8-12H2,1-2H3,(H2,20,21,25)/t14-/m1/s1. The van der Waals surface area contributed by atoms with Gasteiger partial charge in [0.05, 0.1) is 6.04 Å². The summed E-state index contributed by atoms with van der Waals surface area (Å²) in [5.41, 5.74) is 2.77. The molecule has 2 N–H and O–H groups in total. The number of fused-ring (bicyclic) bond motifs is 1. The van der Waals surface area contributed by atoms with E-state index < -0.39 is 0 Å². The van der Waals surface area contributed by atoms with E-state index >= 15 is 0 Å². The van der Waals surface area contributed by atoms with Crippen LogP contribution in [0.15, 0.2) is 24.3 Å². The number of nitrogens with one attached hydrogen (secondary N) is 2. The molecule has 1 atom stereocenters. The number of amides is 2. The molecule has 1 aromatic heterocycles. The molecule has 2 heterocycles. The third-order valence-corrected chi connectivity index (χ3v) is 5.53. The van der Waals surface area contributed by atoms with Crippen molar-refractivity contribution in [3.63, 3.8) is 0 Å². The number of aryl methyl sites for hydroxylation is 2. The number of benzene rings is 1. The average molecular weight is 339 g/mol. The van der Waals surface area contributed by atoms with E-state index in [1.165, 1.54) is 11.1 Å². The minimum absolute atomic E-state index is 0.113. The first kappa shape index (κ1) is 16.1. The molecular formula is C19H25N5O. The molecule has 0 saturated heterocycles. The van der Waals surface area contributed by atoms with Crippen LogP contribution in [0.3, 0.4) is 0 Å². The lowest BCUT2D eigenvalue weighted by Gasteiger charge is -2.20. The number of hydrogen-bond acceptors (Lipinski definition) is 3. The van der Waals surface area contributed by atoms with Crippen LogP contribution in [-0.4, -0.2) is 27.3 Å². The number of carbonyl (C=O) groups is 1. The highest BCUT2D eigenvalue weighted by Gasteiger charge is 2.45. The highest BCUT2D eigenvalue weighted by Crippen LogP contribution is 2.48. The fourth-order valence-electron chi connectivity index (χ4n) is 3.92. The zero-order valence-electron chi connectivity index (χ0n) is 14.9. The molecule has 6 nitrogen and oxygen atoms in total. The van der Waals surface area contributed by atoms with Crippen molar-refractivity contribution in [2.24, 2.45) is 0 Å². The Morgan fingerprint density at radius 3 is 2.88 bits per heavy atom. The summed E-state index contributed by atoms with van der Waals surface area (Å²) in [5.74, 6) is 1.88. The average Bonchev–Trinajstić information content (AvgIpc) is 3.04. The summed E-state index contributed by atoms with van der Waals surface area (Å²) in [5, 5.41) is 14.5. The van der Waals surface area contributed by atoms with Crippen molar-refractivity contribution in [3.05, 3.63) is 47.0 Å². The molecule has 2 amide bonds. The Balaban J connectivity index is 1.36. The van der Waals surface area contributed by atoms with E-state index in [0.29, 0.717) is 6.54 Å². The van der Waals surface area contributed by atoms with Gasteiger partial charge in [0.1, 0.15) is 5.82 Å². The molecule has 1 aliphatic carbocycles. The monoisotopic (exact) mass is 339 g/mol. The maximum atomic E-state index is 12.4. The predicted octanol–water partition coefficient (Wildman–Crippen LogP) is 2.62. The van der Waals surface area contributed by atoms with Crippen LogP contribution in [0.25, 0.3) is 0 Å². The fourth-order valence-corrected chi connectivity index (χ4v) is 3.92. The van der Waals surface area contributed by atoms with Gasteiger partial charge in [-0.15, -0.1) is 10.2 Å². The summed E-state index contributed by atoms with van der Waals surface area (Å²) in [6.45, 7) is 5.73. The van der Waals surface area contributed by atoms with Crippen molar-refractivity contribution in [3.8, 4) is 0 Å². The Kier molecular flexibility index (Phi) is 3.98. The fraction of sp³-hybridized carbons (Fsp3) is 0.526. The number of nitrogens with zero attached hydrogens (tertiary/aromatic N) is 3. The molecule has 0 radical (unpaired) electrons. The van der Waals surface area contributed by atoms with Gasteiger partial charge in [-0.3, -0.25) is 0 Å². The van der Waals surface area contributed by atoms with Crippen LogP contribution >= 0.6 is 0 Å². The lowest BCUT2D eigenvalue weighted by atomic mass is 9.92. The van der Waals surface area contributed by atoms with Gasteiger partial charge in [-0.1, -0.05) is 24.3 Å². The lowest BCUT2D eigenvalue weighted by Crippen LogP contribution is -2.41. The van der Waals surface area contributed by atoms with E-state index in [2.05, 4.69) is 56.6 Å². The Morgan fingerprint density at radius 2 is 2.12 bits per heavy atom. The van der Waals surface area contributed by atoms with Crippen LogP contribution in [0, 0.1) is 6.92 Å². The van der Waals surface area contributed by atoms with Gasteiger partial charge in [-0.05, 0) is 44.2 Å². The summed E-state index contributed by atoms with van der Waals surface area (Å²) >= 11 is 0. The molecule has 1 saturated carbocycles. The summed E-state index contributed by atoms with van der Waals surface area (Å²) in [6, 6.07) is 8.19. The number of urea groups is 1. The highest BCUT2D eigenvalue weighted by molar-refractivity contribution is 5.74. The van der Waals surface area contributed by atoms with Crippen LogP contribution in [0.2, 0.25) is 0 Å². The highest BCUT2D eigenvalue weighted by atomic mass is 16.2. The van der Waals surface area contributed by atoms with Gasteiger partial charge >= 0.3 is 6.03 Å². The Labute approximate surface area is 148 Å². The summed E-state index contributed by atoms with van der Waals surface area (Å²) in [7, 11) is 0. The molecule has 1 aromatic carbocycles. The van der Waals surface area contributed by atoms with Gasteiger partial charge in [0.15, 0.2) is 5.82 Å². The van der Waals surface area contributed by atoms with E-state index in [0.717, 1.165) is 43.9 Å². The van der Waals surface area contributed by atoms with Gasteiger partial charge in [0.2, 0.25) is 0 Å². The Bertz CT molecular complexity index is 793. The van der Waals surface area contributed by atoms with Crippen LogP contribution in [-0.2, 0) is 18.4 Å². The molecule has 1 aliphatic heterocycles. The molecule has 0 spiro atoms. The van der Waals surface area contributed by atoms with Crippen molar-refractivity contribution >= 4 is 6.03 Å². The van der Waals surface area contributed by atoms with Crippen molar-refractivity contribution < 1.29 is 4.79 Å². The van der Waals surface area contributed by atoms with E-state index in [1.54, 1.807) is 0 Å². The van der Waals surface area contributed by atoms with Gasteiger partial charge in [-0.2, -0.15) is 0 Å². The molecule has 6 heteroatoms. The zero-order valence-corrected chi connectivity index (χ0v) is 14.9. The lowest BCUT2D eigenvalue weighted by molar-refractivity contribution is 0.236. The molecule has 0 unspecified atom stereocenters. The number of rotatable bonds is 5. The SMILES string of the molecule is Cc1ccccc1C1(CNC(=O)N[C@H](C)c2nnc3n2CCC3)CC1. The second kappa shape index (κ2) is 6.17. The number of carbonyl (C=O) groups excluding carboxylic acids is 1. The summed E-state index contributed by atoms with van der Waals surface area (Å²) in [4.78, 5) is 12.4. The van der Waals surface area contributed by atoms with Crippen molar-refractivity contribution in [1.29, 1.82) is 0 Å². The topological polar surface area (TPSA) is 71.8 Å². The maximum absolute atomic E-state index is 12.4.